The lowest BCUT2D eigenvalue weighted by Gasteiger charge is -2.49. The van der Waals surface area contributed by atoms with Crippen molar-refractivity contribution in [2.75, 3.05) is 6.61 Å². The van der Waals surface area contributed by atoms with Crippen LogP contribution in [0.2, 0.25) is 0 Å². The van der Waals surface area contributed by atoms with Crippen molar-refractivity contribution in [3.63, 3.8) is 0 Å². The van der Waals surface area contributed by atoms with E-state index in [1.54, 1.807) is 13.8 Å². The maximum absolute atomic E-state index is 11.6. The molecular weight excluding hydrogens is 338 g/mol. The molecule has 7 nitrogen and oxygen atoms in total. The fraction of sp³-hybridized carbons (Fsp3) is 0.632. The van der Waals surface area contributed by atoms with Crippen LogP contribution in [0.1, 0.15) is 33.3 Å². The molecule has 5 atom stereocenters. The number of aryl methyl sites for hydroxylation is 1. The maximum Gasteiger partial charge on any atom is 0.223 e. The fourth-order valence-corrected chi connectivity index (χ4v) is 3.31. The van der Waals surface area contributed by atoms with Crippen molar-refractivity contribution >= 4 is 5.91 Å². The highest BCUT2D eigenvalue weighted by Crippen LogP contribution is 2.33. The molecule has 0 aliphatic carbocycles. The minimum Gasteiger partial charge on any atom is -0.463 e. The molecule has 2 N–H and O–H groups in total. The van der Waals surface area contributed by atoms with Crippen molar-refractivity contribution in [1.82, 2.24) is 5.32 Å². The fourth-order valence-electron chi connectivity index (χ4n) is 3.31. The Kier molecular flexibility index (Phi) is 5.53. The molecule has 0 spiro atoms. The van der Waals surface area contributed by atoms with Crippen LogP contribution in [0.4, 0.5) is 0 Å². The smallest absolute Gasteiger partial charge is 0.223 e. The number of carbonyl (C=O) groups is 1. The Morgan fingerprint density at radius 2 is 2.19 bits per heavy atom. The van der Waals surface area contributed by atoms with Gasteiger partial charge in [-0.05, 0) is 38.0 Å². The van der Waals surface area contributed by atoms with Gasteiger partial charge in [-0.3, -0.25) is 4.79 Å². The topological polar surface area (TPSA) is 86.2 Å². The highest BCUT2D eigenvalue weighted by Gasteiger charge is 2.52. The van der Waals surface area contributed by atoms with Crippen LogP contribution in [-0.2, 0) is 25.4 Å². The van der Waals surface area contributed by atoms with E-state index >= 15 is 0 Å². The zero-order valence-corrected chi connectivity index (χ0v) is 15.6. The number of aliphatic hydroxyl groups is 1. The summed E-state index contributed by atoms with van der Waals surface area (Å²) in [5.74, 6) is -0.484. The van der Waals surface area contributed by atoms with Crippen molar-refractivity contribution in [3.05, 3.63) is 29.8 Å². The van der Waals surface area contributed by atoms with Crippen LogP contribution >= 0.6 is 0 Å². The van der Waals surface area contributed by atoms with E-state index in [9.17, 15) is 9.90 Å². The minimum absolute atomic E-state index is 0.274. The molecule has 0 radical (unpaired) electrons. The molecule has 0 saturated carbocycles. The summed E-state index contributed by atoms with van der Waals surface area (Å²) in [4.78, 5) is 11.6. The molecule has 1 aromatic carbocycles. The Bertz CT molecular complexity index is 649. The summed E-state index contributed by atoms with van der Waals surface area (Å²) < 4.78 is 23.4. The third-order valence-corrected chi connectivity index (χ3v) is 4.62. The zero-order valence-electron chi connectivity index (χ0n) is 15.6. The third kappa shape index (κ3) is 4.17. The molecule has 2 heterocycles. The molecule has 0 aromatic heterocycles. The van der Waals surface area contributed by atoms with Crippen molar-refractivity contribution in [3.8, 4) is 5.75 Å². The lowest BCUT2D eigenvalue weighted by molar-refractivity contribution is -0.361. The second-order valence-corrected chi connectivity index (χ2v) is 7.17. The first-order chi connectivity index (χ1) is 12.3. The number of hydrogen-bond acceptors (Lipinski definition) is 6. The van der Waals surface area contributed by atoms with Crippen LogP contribution < -0.4 is 10.1 Å². The van der Waals surface area contributed by atoms with Gasteiger partial charge in [0, 0.05) is 6.92 Å². The highest BCUT2D eigenvalue weighted by molar-refractivity contribution is 5.73. The summed E-state index contributed by atoms with van der Waals surface area (Å²) in [6.45, 7) is 7.28. The lowest BCUT2D eigenvalue weighted by atomic mass is 9.95. The normalized spacial score (nSPS) is 33.2. The number of amides is 1. The van der Waals surface area contributed by atoms with E-state index in [1.807, 2.05) is 24.3 Å². The van der Waals surface area contributed by atoms with Crippen LogP contribution in [0.25, 0.3) is 0 Å². The molecule has 2 aliphatic rings. The predicted molar refractivity (Wildman–Crippen MR) is 93.6 cm³/mol. The molecule has 3 rings (SSSR count). The van der Waals surface area contributed by atoms with Crippen LogP contribution in [0.3, 0.4) is 0 Å². The molecule has 0 bridgehead atoms. The number of nitrogens with one attached hydrogen (secondary N) is 1. The largest absolute Gasteiger partial charge is 0.463 e. The van der Waals surface area contributed by atoms with E-state index in [-0.39, 0.29) is 12.5 Å². The predicted octanol–water partition coefficient (Wildman–Crippen LogP) is 1.37. The Morgan fingerprint density at radius 1 is 1.42 bits per heavy atom. The number of fused-ring (bicyclic) bond motifs is 1. The van der Waals surface area contributed by atoms with Gasteiger partial charge in [0.25, 0.3) is 0 Å². The van der Waals surface area contributed by atoms with Crippen LogP contribution in [0.5, 0.6) is 5.75 Å². The van der Waals surface area contributed by atoms with Gasteiger partial charge in [0.1, 0.15) is 30.1 Å². The van der Waals surface area contributed by atoms with E-state index in [2.05, 4.69) is 12.2 Å². The number of rotatable bonds is 4. The van der Waals surface area contributed by atoms with Crippen molar-refractivity contribution in [2.45, 2.75) is 70.5 Å². The molecule has 1 amide bonds. The van der Waals surface area contributed by atoms with Gasteiger partial charge >= 0.3 is 0 Å². The minimum atomic E-state index is -0.986. The quantitative estimate of drug-likeness (QED) is 0.838. The number of benzene rings is 1. The summed E-state index contributed by atoms with van der Waals surface area (Å²) in [6.07, 6.45) is -2.06. The van der Waals surface area contributed by atoms with Crippen molar-refractivity contribution in [2.24, 2.45) is 0 Å². The maximum atomic E-state index is 11.6. The Morgan fingerprint density at radius 3 is 2.88 bits per heavy atom. The van der Waals surface area contributed by atoms with Gasteiger partial charge in [-0.15, -0.1) is 0 Å². The average molecular weight is 365 g/mol. The molecule has 0 unspecified atom stereocenters. The monoisotopic (exact) mass is 365 g/mol. The molecule has 26 heavy (non-hydrogen) atoms. The average Bonchev–Trinajstić information content (AvgIpc) is 2.58. The molecule has 144 valence electrons. The molecular formula is C19H27NO6. The summed E-state index contributed by atoms with van der Waals surface area (Å²) in [6, 6.07) is 6.90. The van der Waals surface area contributed by atoms with E-state index in [4.69, 9.17) is 18.9 Å². The second kappa shape index (κ2) is 7.52. The van der Waals surface area contributed by atoms with E-state index < -0.39 is 36.4 Å². The summed E-state index contributed by atoms with van der Waals surface area (Å²) >= 11 is 0. The number of hydrogen-bond donors (Lipinski definition) is 2. The highest BCUT2D eigenvalue weighted by atomic mass is 16.8. The van der Waals surface area contributed by atoms with Crippen LogP contribution in [0, 0.1) is 0 Å². The molecule has 2 aliphatic heterocycles. The first-order valence-electron chi connectivity index (χ1n) is 8.97. The molecule has 2 fully saturated rings. The van der Waals surface area contributed by atoms with Gasteiger partial charge < -0.3 is 29.4 Å². The standard InChI is InChI=1S/C19H27NO6/c1-5-12-7-6-8-13(9-12)24-18-15(20-11(2)21)16(22)17-14(25-18)10-23-19(3,4)26-17/h6-9,14-18,22H,5,10H2,1-4H3,(H,20,21)/t14-,15+,16-,17-,18+/m0/s1. The van der Waals surface area contributed by atoms with E-state index in [1.165, 1.54) is 6.92 Å². The van der Waals surface area contributed by atoms with E-state index in [0.29, 0.717) is 5.75 Å². The van der Waals surface area contributed by atoms with Gasteiger partial charge in [-0.2, -0.15) is 0 Å². The van der Waals surface area contributed by atoms with Crippen LogP contribution in [-0.4, -0.2) is 54.1 Å². The van der Waals surface area contributed by atoms with Gasteiger partial charge in [-0.25, -0.2) is 0 Å². The van der Waals surface area contributed by atoms with Gasteiger partial charge in [0.15, 0.2) is 5.79 Å². The Labute approximate surface area is 153 Å². The van der Waals surface area contributed by atoms with Gasteiger partial charge in [-0.1, -0.05) is 19.1 Å². The number of carbonyl (C=O) groups excluding carboxylic acids is 1. The second-order valence-electron chi connectivity index (χ2n) is 7.17. The Balaban J connectivity index is 1.81. The summed E-state index contributed by atoms with van der Waals surface area (Å²) in [5, 5.41) is 13.6. The lowest BCUT2D eigenvalue weighted by Crippen LogP contribution is -2.69. The summed E-state index contributed by atoms with van der Waals surface area (Å²) in [5.41, 5.74) is 1.12. The van der Waals surface area contributed by atoms with Gasteiger partial charge in [0.2, 0.25) is 12.2 Å². The first-order valence-corrected chi connectivity index (χ1v) is 8.97. The third-order valence-electron chi connectivity index (χ3n) is 4.62. The summed E-state index contributed by atoms with van der Waals surface area (Å²) in [7, 11) is 0. The van der Waals surface area contributed by atoms with Crippen LogP contribution in [0.15, 0.2) is 24.3 Å². The molecule has 2 saturated heterocycles. The van der Waals surface area contributed by atoms with Crippen molar-refractivity contribution in [1.29, 1.82) is 0 Å². The molecule has 1 aromatic rings. The van der Waals surface area contributed by atoms with Gasteiger partial charge in [0.05, 0.1) is 6.61 Å². The van der Waals surface area contributed by atoms with E-state index in [0.717, 1.165) is 12.0 Å². The van der Waals surface area contributed by atoms with Crippen molar-refractivity contribution < 1.29 is 28.8 Å². The number of ether oxygens (including phenoxy) is 4. The zero-order chi connectivity index (χ0) is 18.9. The Hall–Kier alpha value is -1.67. The number of aliphatic hydroxyl groups excluding tert-OH is 1. The first kappa shape index (κ1) is 19.1. The molecule has 7 heteroatoms. The SMILES string of the molecule is CCc1cccc(O[C@@H]2O[C@H]3COC(C)(C)O[C@@H]3[C@@H](O)[C@H]2NC(C)=O)c1.